The summed E-state index contributed by atoms with van der Waals surface area (Å²) in [5.74, 6) is 0. The van der Waals surface area contributed by atoms with E-state index in [1.165, 1.54) is 27.2 Å². The van der Waals surface area contributed by atoms with Crippen LogP contribution in [0.1, 0.15) is 0 Å². The third-order valence-electron chi connectivity index (χ3n) is 9.59. The van der Waals surface area contributed by atoms with E-state index in [-0.39, 0.29) is 0 Å². The van der Waals surface area contributed by atoms with Crippen molar-refractivity contribution in [3.05, 3.63) is 176 Å². The Morgan fingerprint density at radius 1 is 0.347 bits per heavy atom. The van der Waals surface area contributed by atoms with E-state index in [1.54, 1.807) is 0 Å². The van der Waals surface area contributed by atoms with Crippen LogP contribution in [-0.2, 0) is 0 Å². The SMILES string of the molecule is c1ccc(-c2nnn(-c3ccc4c(c3)c3ccccc3n4-c3cccc(-n4c5ccccc5c5ccccc54)c3)c2-c2ccccc2)cc1. The summed E-state index contributed by atoms with van der Waals surface area (Å²) in [5, 5.41) is 14.3. The summed E-state index contributed by atoms with van der Waals surface area (Å²) in [5.41, 5.74) is 11.8. The highest BCUT2D eigenvalue weighted by Gasteiger charge is 2.20. The van der Waals surface area contributed by atoms with Crippen molar-refractivity contribution >= 4 is 43.6 Å². The normalized spacial score (nSPS) is 11.7. The second-order valence-corrected chi connectivity index (χ2v) is 12.4. The third-order valence-corrected chi connectivity index (χ3v) is 9.59. The van der Waals surface area contributed by atoms with Crippen LogP contribution in [0.25, 0.3) is 83.2 Å². The van der Waals surface area contributed by atoms with Gasteiger partial charge in [-0.2, -0.15) is 0 Å². The molecule has 0 aliphatic carbocycles. The van der Waals surface area contributed by atoms with E-state index in [1.807, 2.05) is 28.9 Å². The minimum Gasteiger partial charge on any atom is -0.309 e. The molecule has 0 radical (unpaired) electrons. The molecule has 0 atom stereocenters. The molecule has 0 N–H and O–H groups in total. The summed E-state index contributed by atoms with van der Waals surface area (Å²) in [4.78, 5) is 0. The number of rotatable bonds is 5. The predicted octanol–water partition coefficient (Wildman–Crippen LogP) is 10.8. The molecule has 0 aliphatic heterocycles. The maximum Gasteiger partial charge on any atom is 0.121 e. The Kier molecular flexibility index (Phi) is 6.11. The second-order valence-electron chi connectivity index (χ2n) is 12.4. The molecule has 10 rings (SSSR count). The summed E-state index contributed by atoms with van der Waals surface area (Å²) >= 11 is 0. The van der Waals surface area contributed by atoms with Crippen molar-refractivity contribution in [1.82, 2.24) is 24.1 Å². The summed E-state index contributed by atoms with van der Waals surface area (Å²) < 4.78 is 6.73. The Morgan fingerprint density at radius 2 is 0.837 bits per heavy atom. The molecule has 7 aromatic carbocycles. The Morgan fingerprint density at radius 3 is 1.43 bits per heavy atom. The average molecular weight is 628 g/mol. The van der Waals surface area contributed by atoms with Crippen molar-refractivity contribution in [2.75, 3.05) is 0 Å². The molecule has 0 amide bonds. The highest BCUT2D eigenvalue weighted by Crippen LogP contribution is 2.38. The fraction of sp³-hybridized carbons (Fsp3) is 0. The first-order valence-corrected chi connectivity index (χ1v) is 16.5. The van der Waals surface area contributed by atoms with Gasteiger partial charge in [-0.15, -0.1) is 5.10 Å². The molecule has 3 heterocycles. The molecule has 0 saturated carbocycles. The lowest BCUT2D eigenvalue weighted by Gasteiger charge is -2.13. The quantitative estimate of drug-likeness (QED) is 0.190. The number of hydrogen-bond donors (Lipinski definition) is 0. The lowest BCUT2D eigenvalue weighted by Crippen LogP contribution is -2.00. The summed E-state index contributed by atoms with van der Waals surface area (Å²) in [7, 11) is 0. The van der Waals surface area contributed by atoms with Crippen LogP contribution >= 0.6 is 0 Å². The van der Waals surface area contributed by atoms with Crippen LogP contribution < -0.4 is 0 Å². The lowest BCUT2D eigenvalue weighted by molar-refractivity contribution is 0.809. The van der Waals surface area contributed by atoms with Gasteiger partial charge < -0.3 is 9.13 Å². The molecule has 0 saturated heterocycles. The topological polar surface area (TPSA) is 40.6 Å². The maximum atomic E-state index is 4.74. The van der Waals surface area contributed by atoms with E-state index < -0.39 is 0 Å². The number of nitrogens with zero attached hydrogens (tertiary/aromatic N) is 5. The van der Waals surface area contributed by atoms with Crippen LogP contribution in [0, 0.1) is 0 Å². The van der Waals surface area contributed by atoms with Crippen molar-refractivity contribution < 1.29 is 0 Å². The molecule has 0 spiro atoms. The summed E-state index contributed by atoms with van der Waals surface area (Å²) in [6.07, 6.45) is 0. The van der Waals surface area contributed by atoms with Crippen molar-refractivity contribution in [1.29, 1.82) is 0 Å². The van der Waals surface area contributed by atoms with E-state index in [9.17, 15) is 0 Å². The molecule has 5 heteroatoms. The first kappa shape index (κ1) is 27.4. The smallest absolute Gasteiger partial charge is 0.121 e. The van der Waals surface area contributed by atoms with Crippen LogP contribution in [-0.4, -0.2) is 24.1 Å². The molecule has 0 aliphatic rings. The number of aromatic nitrogens is 5. The first-order valence-electron chi connectivity index (χ1n) is 16.5. The van der Waals surface area contributed by atoms with Crippen molar-refractivity contribution in [2.24, 2.45) is 0 Å². The molecule has 5 nitrogen and oxygen atoms in total. The minimum atomic E-state index is 0.858. The van der Waals surface area contributed by atoms with Crippen LogP contribution in [0.4, 0.5) is 0 Å². The van der Waals surface area contributed by atoms with Crippen LogP contribution in [0.2, 0.25) is 0 Å². The Labute approximate surface area is 282 Å². The predicted molar refractivity (Wildman–Crippen MR) is 201 cm³/mol. The molecule has 10 aromatic rings. The van der Waals surface area contributed by atoms with Gasteiger partial charge in [0.05, 0.1) is 27.8 Å². The number of benzene rings is 7. The molecule has 3 aromatic heterocycles. The molecular weight excluding hydrogens is 599 g/mol. The van der Waals surface area contributed by atoms with Gasteiger partial charge in [0, 0.05) is 44.0 Å². The van der Waals surface area contributed by atoms with Gasteiger partial charge in [-0.05, 0) is 54.6 Å². The number of para-hydroxylation sites is 3. The zero-order valence-corrected chi connectivity index (χ0v) is 26.5. The standard InChI is InChI=1S/C44H29N5/c1-3-14-30(15-4-1)43-44(31-16-5-2-6-17-31)49(46-45-43)34-26-27-42-38(29-34)37-22-9-12-25-41(37)48(42)33-19-13-18-32(28-33)47-39-23-10-7-20-35(39)36-21-8-11-24-40(36)47/h1-29H. The zero-order valence-electron chi connectivity index (χ0n) is 26.5. The van der Waals surface area contributed by atoms with E-state index >= 15 is 0 Å². The zero-order chi connectivity index (χ0) is 32.3. The molecular formula is C44H29N5. The fourth-order valence-corrected chi connectivity index (χ4v) is 7.45. The lowest BCUT2D eigenvalue weighted by atomic mass is 10.0. The van der Waals surface area contributed by atoms with E-state index in [0.717, 1.165) is 56.0 Å². The molecule has 0 fully saturated rings. The Bertz CT molecular complexity index is 2770. The molecule has 230 valence electrons. The average Bonchev–Trinajstić information content (AvgIpc) is 3.86. The molecule has 49 heavy (non-hydrogen) atoms. The van der Waals surface area contributed by atoms with Gasteiger partial charge in [-0.1, -0.05) is 127 Å². The van der Waals surface area contributed by atoms with Gasteiger partial charge in [0.1, 0.15) is 11.4 Å². The molecule has 0 unspecified atom stereocenters. The van der Waals surface area contributed by atoms with Gasteiger partial charge in [-0.25, -0.2) is 4.68 Å². The number of fused-ring (bicyclic) bond motifs is 6. The van der Waals surface area contributed by atoms with Gasteiger partial charge in [0.15, 0.2) is 0 Å². The Hall–Kier alpha value is -6.72. The van der Waals surface area contributed by atoms with E-state index in [0.29, 0.717) is 0 Å². The van der Waals surface area contributed by atoms with Gasteiger partial charge in [0.25, 0.3) is 0 Å². The number of hydrogen-bond acceptors (Lipinski definition) is 2. The van der Waals surface area contributed by atoms with E-state index in [2.05, 4.69) is 161 Å². The van der Waals surface area contributed by atoms with Gasteiger partial charge in [0.2, 0.25) is 0 Å². The van der Waals surface area contributed by atoms with Gasteiger partial charge >= 0.3 is 0 Å². The largest absolute Gasteiger partial charge is 0.309 e. The van der Waals surface area contributed by atoms with Crippen molar-refractivity contribution in [3.8, 4) is 39.6 Å². The summed E-state index contributed by atoms with van der Waals surface area (Å²) in [6, 6.07) is 62.2. The second kappa shape index (κ2) is 10.9. The third kappa shape index (κ3) is 4.26. The van der Waals surface area contributed by atoms with Gasteiger partial charge in [-0.3, -0.25) is 0 Å². The molecule has 0 bridgehead atoms. The first-order chi connectivity index (χ1) is 24.3. The van der Waals surface area contributed by atoms with Crippen molar-refractivity contribution in [2.45, 2.75) is 0 Å². The van der Waals surface area contributed by atoms with E-state index in [4.69, 9.17) is 10.3 Å². The monoisotopic (exact) mass is 627 g/mol. The highest BCUT2D eigenvalue weighted by molar-refractivity contribution is 6.11. The van der Waals surface area contributed by atoms with Crippen LogP contribution in [0.5, 0.6) is 0 Å². The van der Waals surface area contributed by atoms with Crippen molar-refractivity contribution in [3.63, 3.8) is 0 Å². The fourth-order valence-electron chi connectivity index (χ4n) is 7.45. The van der Waals surface area contributed by atoms with Crippen LogP contribution in [0.15, 0.2) is 176 Å². The van der Waals surface area contributed by atoms with Crippen LogP contribution in [0.3, 0.4) is 0 Å². The minimum absolute atomic E-state index is 0.858. The Balaban J connectivity index is 1.17. The maximum absolute atomic E-state index is 4.74. The highest BCUT2D eigenvalue weighted by atomic mass is 15.4. The summed E-state index contributed by atoms with van der Waals surface area (Å²) in [6.45, 7) is 0.